The minimum absolute atomic E-state index is 0.157. The lowest BCUT2D eigenvalue weighted by atomic mass is 9.93. The Balaban J connectivity index is 2.19. The monoisotopic (exact) mass is 298 g/mol. The first-order chi connectivity index (χ1) is 9.44. The summed E-state index contributed by atoms with van der Waals surface area (Å²) in [6.45, 7) is 1.97. The van der Waals surface area contributed by atoms with Gasteiger partial charge in [-0.3, -0.25) is 0 Å². The zero-order chi connectivity index (χ0) is 14.8. The Labute approximate surface area is 120 Å². The first-order valence-corrected chi connectivity index (χ1v) is 8.51. The van der Waals surface area contributed by atoms with E-state index in [0.29, 0.717) is 18.5 Å². The predicted molar refractivity (Wildman–Crippen MR) is 78.8 cm³/mol. The topological polar surface area (TPSA) is 92.4 Å². The molecule has 112 valence electrons. The van der Waals surface area contributed by atoms with Crippen LogP contribution in [0.5, 0.6) is 0 Å². The van der Waals surface area contributed by atoms with E-state index in [0.717, 1.165) is 24.8 Å². The van der Waals surface area contributed by atoms with Crippen molar-refractivity contribution in [2.24, 2.45) is 0 Å². The van der Waals surface area contributed by atoms with Crippen LogP contribution >= 0.6 is 0 Å². The van der Waals surface area contributed by atoms with Crippen molar-refractivity contribution in [1.29, 1.82) is 0 Å². The molecule has 0 aromatic heterocycles. The van der Waals surface area contributed by atoms with Crippen molar-refractivity contribution in [3.8, 4) is 0 Å². The number of nitrogens with one attached hydrogen (secondary N) is 1. The van der Waals surface area contributed by atoms with Crippen molar-refractivity contribution in [2.45, 2.75) is 56.1 Å². The van der Waals surface area contributed by atoms with Gasteiger partial charge in [-0.05, 0) is 37.0 Å². The average molecular weight is 298 g/mol. The van der Waals surface area contributed by atoms with Gasteiger partial charge in [0.25, 0.3) is 0 Å². The molecule has 1 aliphatic carbocycles. The summed E-state index contributed by atoms with van der Waals surface area (Å²) in [6, 6.07) is 4.38. The van der Waals surface area contributed by atoms with E-state index in [9.17, 15) is 13.5 Å². The molecule has 1 fully saturated rings. The molecule has 0 heterocycles. The Kier molecular flexibility index (Phi) is 4.67. The average Bonchev–Trinajstić information content (AvgIpc) is 2.41. The fourth-order valence-corrected chi connectivity index (χ4v) is 3.92. The molecule has 0 spiro atoms. The molecular weight excluding hydrogens is 276 g/mol. The summed E-state index contributed by atoms with van der Waals surface area (Å²) in [7, 11) is -3.63. The zero-order valence-corrected chi connectivity index (χ0v) is 12.5. The van der Waals surface area contributed by atoms with Crippen LogP contribution in [0.3, 0.4) is 0 Å². The molecule has 6 heteroatoms. The van der Waals surface area contributed by atoms with Gasteiger partial charge in [0.15, 0.2) is 0 Å². The third-order valence-electron chi connectivity index (χ3n) is 3.84. The quantitative estimate of drug-likeness (QED) is 0.733. The number of nitrogen functional groups attached to an aromatic ring is 1. The van der Waals surface area contributed by atoms with Crippen LogP contribution in [-0.2, 0) is 16.4 Å². The van der Waals surface area contributed by atoms with Crippen molar-refractivity contribution in [2.75, 3.05) is 5.73 Å². The summed E-state index contributed by atoms with van der Waals surface area (Å²) in [5.74, 6) is 0. The molecule has 4 N–H and O–H groups in total. The number of rotatable bonds is 4. The minimum Gasteiger partial charge on any atom is -0.398 e. The van der Waals surface area contributed by atoms with E-state index in [2.05, 4.69) is 4.72 Å². The van der Waals surface area contributed by atoms with E-state index < -0.39 is 22.2 Å². The Hall–Kier alpha value is -1.11. The Morgan fingerprint density at radius 1 is 1.35 bits per heavy atom. The van der Waals surface area contributed by atoms with Crippen molar-refractivity contribution in [3.63, 3.8) is 0 Å². The molecule has 1 saturated carbocycles. The number of nitrogens with two attached hydrogens (primary N) is 1. The van der Waals surface area contributed by atoms with E-state index in [1.165, 1.54) is 6.07 Å². The highest BCUT2D eigenvalue weighted by Crippen LogP contribution is 2.22. The number of hydrogen-bond donors (Lipinski definition) is 3. The zero-order valence-electron chi connectivity index (χ0n) is 11.7. The summed E-state index contributed by atoms with van der Waals surface area (Å²) >= 11 is 0. The number of sulfonamides is 1. The van der Waals surface area contributed by atoms with Gasteiger partial charge >= 0.3 is 0 Å². The van der Waals surface area contributed by atoms with Crippen LogP contribution in [-0.4, -0.2) is 25.7 Å². The molecule has 5 nitrogen and oxygen atoms in total. The standard InChI is InChI=1S/C14H22N2O3S/c1-2-10-7-8-11(9-12(10)15)20(18,19)16-13-5-3-4-6-14(13)17/h7-9,13-14,16-17H,2-6,15H2,1H3/t13-,14-/m0/s1. The SMILES string of the molecule is CCc1ccc(S(=O)(=O)N[C@H]2CCCC[C@@H]2O)cc1N. The largest absolute Gasteiger partial charge is 0.398 e. The maximum absolute atomic E-state index is 12.3. The number of benzene rings is 1. The molecule has 1 aromatic carbocycles. The lowest BCUT2D eigenvalue weighted by Crippen LogP contribution is -2.44. The van der Waals surface area contributed by atoms with Gasteiger partial charge in [0.2, 0.25) is 10.0 Å². The Morgan fingerprint density at radius 3 is 2.65 bits per heavy atom. The number of hydrogen-bond acceptors (Lipinski definition) is 4. The molecule has 0 bridgehead atoms. The van der Waals surface area contributed by atoms with Crippen LogP contribution in [0.15, 0.2) is 23.1 Å². The van der Waals surface area contributed by atoms with Crippen molar-refractivity contribution in [1.82, 2.24) is 4.72 Å². The molecule has 20 heavy (non-hydrogen) atoms. The lowest BCUT2D eigenvalue weighted by Gasteiger charge is -2.28. The molecule has 1 aliphatic rings. The molecule has 2 atom stereocenters. The highest BCUT2D eigenvalue weighted by Gasteiger charge is 2.28. The van der Waals surface area contributed by atoms with Crippen molar-refractivity contribution >= 4 is 15.7 Å². The predicted octanol–water partition coefficient (Wildman–Crippen LogP) is 1.41. The number of aryl methyl sites for hydroxylation is 1. The summed E-state index contributed by atoms with van der Waals surface area (Å²) in [4.78, 5) is 0.157. The highest BCUT2D eigenvalue weighted by atomic mass is 32.2. The van der Waals surface area contributed by atoms with Crippen molar-refractivity contribution in [3.05, 3.63) is 23.8 Å². The maximum atomic E-state index is 12.3. The smallest absolute Gasteiger partial charge is 0.240 e. The fourth-order valence-electron chi connectivity index (χ4n) is 2.58. The number of anilines is 1. The first kappa shape index (κ1) is 15.3. The van der Waals surface area contributed by atoms with Crippen molar-refractivity contribution < 1.29 is 13.5 Å². The second-order valence-corrected chi connectivity index (χ2v) is 7.01. The maximum Gasteiger partial charge on any atom is 0.240 e. The van der Waals surface area contributed by atoms with Gasteiger partial charge < -0.3 is 10.8 Å². The molecule has 0 radical (unpaired) electrons. The van der Waals surface area contributed by atoms with Crippen LogP contribution in [0, 0.1) is 0 Å². The molecule has 0 unspecified atom stereocenters. The van der Waals surface area contributed by atoms with Gasteiger partial charge in [-0.1, -0.05) is 25.8 Å². The fraction of sp³-hybridized carbons (Fsp3) is 0.571. The summed E-state index contributed by atoms with van der Waals surface area (Å²) in [5, 5.41) is 9.86. The summed E-state index contributed by atoms with van der Waals surface area (Å²) in [6.07, 6.45) is 3.35. The van der Waals surface area contributed by atoms with E-state index in [-0.39, 0.29) is 4.90 Å². The van der Waals surface area contributed by atoms with Gasteiger partial charge in [-0.25, -0.2) is 13.1 Å². The van der Waals surface area contributed by atoms with Crippen LogP contribution < -0.4 is 10.5 Å². The number of aliphatic hydroxyl groups excluding tert-OH is 1. The van der Waals surface area contributed by atoms with Gasteiger partial charge in [0, 0.05) is 11.7 Å². The second kappa shape index (κ2) is 6.11. The second-order valence-electron chi connectivity index (χ2n) is 5.29. The Bertz CT molecular complexity index is 572. The highest BCUT2D eigenvalue weighted by molar-refractivity contribution is 7.89. The first-order valence-electron chi connectivity index (χ1n) is 7.03. The van der Waals surface area contributed by atoms with Gasteiger partial charge in [0.05, 0.1) is 11.0 Å². The summed E-state index contributed by atoms with van der Waals surface area (Å²) in [5.41, 5.74) is 7.27. The summed E-state index contributed by atoms with van der Waals surface area (Å²) < 4.78 is 27.2. The Morgan fingerprint density at radius 2 is 2.05 bits per heavy atom. The molecule has 2 rings (SSSR count). The van der Waals surface area contributed by atoms with Crippen LogP contribution in [0.25, 0.3) is 0 Å². The van der Waals surface area contributed by atoms with Crippen LogP contribution in [0.1, 0.15) is 38.2 Å². The molecule has 0 amide bonds. The van der Waals surface area contributed by atoms with E-state index in [4.69, 9.17) is 5.73 Å². The lowest BCUT2D eigenvalue weighted by molar-refractivity contribution is 0.101. The molecule has 0 aliphatic heterocycles. The molecule has 1 aromatic rings. The van der Waals surface area contributed by atoms with E-state index in [1.54, 1.807) is 12.1 Å². The third kappa shape index (κ3) is 3.31. The van der Waals surface area contributed by atoms with E-state index in [1.807, 2.05) is 6.92 Å². The van der Waals surface area contributed by atoms with Gasteiger partial charge in [0.1, 0.15) is 0 Å². The molecule has 0 saturated heterocycles. The minimum atomic E-state index is -3.63. The normalized spacial score (nSPS) is 23.7. The third-order valence-corrected chi connectivity index (χ3v) is 5.33. The number of aliphatic hydroxyl groups is 1. The van der Waals surface area contributed by atoms with E-state index >= 15 is 0 Å². The van der Waals surface area contributed by atoms with Gasteiger partial charge in [-0.15, -0.1) is 0 Å². The molecular formula is C14H22N2O3S. The van der Waals surface area contributed by atoms with Gasteiger partial charge in [-0.2, -0.15) is 0 Å². The van der Waals surface area contributed by atoms with Crippen LogP contribution in [0.2, 0.25) is 0 Å². The van der Waals surface area contributed by atoms with Crippen LogP contribution in [0.4, 0.5) is 5.69 Å².